The predicted octanol–water partition coefficient (Wildman–Crippen LogP) is 25.9. The maximum atomic E-state index is 9.99. The molecule has 0 N–H and O–H groups in total. The molecule has 3 heterocycles. The first kappa shape index (κ1) is 60.5. The van der Waals surface area contributed by atoms with Crippen molar-refractivity contribution in [2.75, 3.05) is 9.80 Å². The molecular formula is C98H108BN3. The van der Waals surface area contributed by atoms with Crippen molar-refractivity contribution in [3.8, 4) is 50.2 Å². The molecule has 518 valence electrons. The van der Waals surface area contributed by atoms with E-state index in [1.807, 2.05) is 0 Å². The van der Waals surface area contributed by atoms with Gasteiger partial charge >= 0.3 is 0 Å². The number of hydrogen-bond donors (Lipinski definition) is 0. The second kappa shape index (κ2) is 24.3. The molecule has 12 aromatic rings. The summed E-state index contributed by atoms with van der Waals surface area (Å²) >= 11 is 0. The molecular weight excluding hydrogens is 1230 g/mol. The molecule has 0 unspecified atom stereocenters. The fourth-order valence-electron chi connectivity index (χ4n) is 15.0. The van der Waals surface area contributed by atoms with Crippen molar-refractivity contribution in [2.45, 2.75) is 209 Å². The van der Waals surface area contributed by atoms with Crippen LogP contribution in [0.5, 0.6) is 0 Å². The molecule has 0 radical (unpaired) electrons. The van der Waals surface area contributed by atoms with E-state index in [2.05, 4.69) is 346 Å². The number of nitrogens with zero attached hydrogens (tertiary/aromatic N) is 3. The summed E-state index contributed by atoms with van der Waals surface area (Å²) in [5.41, 5.74) is 26.3. The highest BCUT2D eigenvalue weighted by molar-refractivity contribution is 7.00. The molecule has 1 aromatic heterocycles. The van der Waals surface area contributed by atoms with Crippen LogP contribution in [0.3, 0.4) is 0 Å². The first-order chi connectivity index (χ1) is 50.9. The van der Waals surface area contributed by atoms with Gasteiger partial charge in [-0.2, -0.15) is 0 Å². The van der Waals surface area contributed by atoms with Crippen LogP contribution in [-0.2, 0) is 43.3 Å². The van der Waals surface area contributed by atoms with Crippen LogP contribution in [0.2, 0.25) is 0 Å². The molecule has 3 nitrogen and oxygen atoms in total. The van der Waals surface area contributed by atoms with Crippen molar-refractivity contribution < 1.29 is 11.0 Å². The molecule has 0 spiro atoms. The van der Waals surface area contributed by atoms with Gasteiger partial charge in [0.25, 0.3) is 6.71 Å². The first-order valence-corrected chi connectivity index (χ1v) is 36.8. The zero-order valence-corrected chi connectivity index (χ0v) is 65.1. The maximum absolute atomic E-state index is 9.99. The van der Waals surface area contributed by atoms with E-state index < -0.39 is 30.9 Å². The number of para-hydroxylation sites is 2. The molecule has 102 heavy (non-hydrogen) atoms. The Morgan fingerprint density at radius 2 is 0.559 bits per heavy atom. The summed E-state index contributed by atoms with van der Waals surface area (Å²) < 4.78 is 78.2. The minimum absolute atomic E-state index is 0.0163. The number of benzene rings is 11. The van der Waals surface area contributed by atoms with Crippen LogP contribution in [0.4, 0.5) is 34.1 Å². The van der Waals surface area contributed by atoms with Gasteiger partial charge < -0.3 is 14.4 Å². The molecule has 0 fully saturated rings. The molecule has 14 rings (SSSR count). The summed E-state index contributed by atoms with van der Waals surface area (Å²) in [6.07, 6.45) is 0. The van der Waals surface area contributed by atoms with Gasteiger partial charge in [0, 0.05) is 44.9 Å². The Morgan fingerprint density at radius 1 is 0.255 bits per heavy atom. The van der Waals surface area contributed by atoms with Gasteiger partial charge in [-0.3, -0.25) is 0 Å². The SMILES string of the molecule is [2H]c1c([2H])c([2H])c2c(c1[2H])c1c([2H])c([2H])c([2H])c([2H])c1n2-c1cc2c3c(c1)N(c1cccc(-c4cc(C(C)(C)C)cc(C(C)(C)C)c4)c1)c1ccc(-c4cc(C(C)(C)C)cc(C(C)(C)C)c4)cc1B3c1cc(-c3cc(C(C)(C)C)cc(C(C)(C)C)c3)ccc1N2c1ccc(-c2cc(C(C)(C)C)cc(C(C)(C)C)c2)cc1. The number of fused-ring (bicyclic) bond motifs is 7. The molecule has 0 aliphatic carbocycles. The zero-order chi connectivity index (χ0) is 80.0. The normalized spacial score (nSPS) is 14.9. The van der Waals surface area contributed by atoms with Crippen molar-refractivity contribution in [3.05, 3.63) is 263 Å². The van der Waals surface area contributed by atoms with Gasteiger partial charge in [-0.1, -0.05) is 324 Å². The Kier molecular flexibility index (Phi) is 14.4. The van der Waals surface area contributed by atoms with Crippen LogP contribution < -0.4 is 26.2 Å². The van der Waals surface area contributed by atoms with Crippen molar-refractivity contribution in [2.24, 2.45) is 0 Å². The second-order valence-electron chi connectivity index (χ2n) is 37.6. The van der Waals surface area contributed by atoms with Gasteiger partial charge in [0.1, 0.15) is 0 Å². The van der Waals surface area contributed by atoms with E-state index in [4.69, 9.17) is 2.74 Å². The topological polar surface area (TPSA) is 11.4 Å². The lowest BCUT2D eigenvalue weighted by Gasteiger charge is -2.45. The maximum Gasteiger partial charge on any atom is 0.252 e. The average Bonchev–Trinajstić information content (AvgIpc) is 1.05. The van der Waals surface area contributed by atoms with Crippen molar-refractivity contribution in [1.82, 2.24) is 4.57 Å². The van der Waals surface area contributed by atoms with Gasteiger partial charge in [-0.05, 0) is 209 Å². The van der Waals surface area contributed by atoms with Gasteiger partial charge in [-0.25, -0.2) is 0 Å². The fourth-order valence-corrected chi connectivity index (χ4v) is 15.0. The molecule has 0 atom stereocenters. The minimum Gasteiger partial charge on any atom is -0.311 e. The average molecular weight is 1350 g/mol. The second-order valence-corrected chi connectivity index (χ2v) is 37.6. The number of rotatable bonds is 7. The highest BCUT2D eigenvalue weighted by Crippen LogP contribution is 2.50. The van der Waals surface area contributed by atoms with Crippen LogP contribution in [-0.4, -0.2) is 11.3 Å². The van der Waals surface area contributed by atoms with Crippen LogP contribution in [0.15, 0.2) is 218 Å². The molecule has 0 saturated heterocycles. The van der Waals surface area contributed by atoms with Gasteiger partial charge in [-0.15, -0.1) is 0 Å². The Morgan fingerprint density at radius 3 is 0.902 bits per heavy atom. The number of anilines is 6. The Hall–Kier alpha value is -9.12. The molecule has 0 amide bonds. The van der Waals surface area contributed by atoms with Crippen LogP contribution >= 0.6 is 0 Å². The van der Waals surface area contributed by atoms with Crippen molar-refractivity contribution in [1.29, 1.82) is 0 Å². The van der Waals surface area contributed by atoms with Crippen LogP contribution in [0.1, 0.15) is 222 Å². The van der Waals surface area contributed by atoms with Gasteiger partial charge in [0.15, 0.2) is 0 Å². The fraction of sp³-hybridized carbons (Fsp3) is 0.327. The highest BCUT2D eigenvalue weighted by atomic mass is 15.2. The molecule has 0 saturated carbocycles. The lowest BCUT2D eigenvalue weighted by atomic mass is 9.33. The van der Waals surface area contributed by atoms with Crippen molar-refractivity contribution in [3.63, 3.8) is 0 Å². The monoisotopic (exact) mass is 1350 g/mol. The van der Waals surface area contributed by atoms with Crippen molar-refractivity contribution >= 4 is 79.0 Å². The van der Waals surface area contributed by atoms with E-state index >= 15 is 0 Å². The Bertz CT molecular complexity index is 5590. The quantitative estimate of drug-likeness (QED) is 0.147. The third-order valence-electron chi connectivity index (χ3n) is 21.6. The largest absolute Gasteiger partial charge is 0.311 e. The van der Waals surface area contributed by atoms with E-state index in [0.717, 1.165) is 95.0 Å². The van der Waals surface area contributed by atoms with E-state index in [1.165, 1.54) is 44.5 Å². The number of hydrogen-bond acceptors (Lipinski definition) is 2. The van der Waals surface area contributed by atoms with Crippen LogP contribution in [0.25, 0.3) is 72.0 Å². The summed E-state index contributed by atoms with van der Waals surface area (Å²) in [6.45, 7) is 54.3. The standard InChI is InChI=1S/C98H108BN3/c1-91(2,3)69-44-65(45-70(55-69)92(4,5)6)61-36-40-77(41-37-61)100-86-42-38-63(67-48-73(95(13,14)15)57-74(49-67)96(16,17)18)53-82(86)99-83-54-64(68-50-75(97(19,20)21)58-76(51-68)98(22,23)24)39-43-87(83)101(78-31-29-30-62(52-78)66-46-71(93(7,8)9)56-72(47-66)94(10,11)12)89-60-79(59-88(100)90(89)99)102-84-34-27-25-32-80(84)81-33-26-28-35-85(81)102/h25-60H,1-24H3/i25D,26D,27D,28D,32D,33D,34D,35D. The summed E-state index contributed by atoms with van der Waals surface area (Å²) in [5, 5.41) is 0.0325. The molecule has 4 heteroatoms. The van der Waals surface area contributed by atoms with E-state index in [1.54, 1.807) is 4.57 Å². The summed E-state index contributed by atoms with van der Waals surface area (Å²) in [6, 6.07) is 61.0. The minimum atomic E-state index is -0.494. The van der Waals surface area contributed by atoms with Gasteiger partial charge in [0.2, 0.25) is 0 Å². The summed E-state index contributed by atoms with van der Waals surface area (Å²) in [4.78, 5) is 4.76. The molecule has 11 aromatic carbocycles. The van der Waals surface area contributed by atoms with E-state index in [0.29, 0.717) is 5.69 Å². The van der Waals surface area contributed by atoms with E-state index in [-0.39, 0.29) is 89.3 Å². The lowest BCUT2D eigenvalue weighted by Crippen LogP contribution is -2.61. The predicted molar refractivity (Wildman–Crippen MR) is 446 cm³/mol. The lowest BCUT2D eigenvalue weighted by molar-refractivity contribution is 0.568. The van der Waals surface area contributed by atoms with Crippen LogP contribution in [0, 0.1) is 0 Å². The van der Waals surface area contributed by atoms with Gasteiger partial charge in [0.05, 0.1) is 27.7 Å². The summed E-state index contributed by atoms with van der Waals surface area (Å²) in [5.74, 6) is 0. The molecule has 2 aliphatic heterocycles. The first-order valence-electron chi connectivity index (χ1n) is 40.8. The Labute approximate surface area is 623 Å². The zero-order valence-electron chi connectivity index (χ0n) is 73.1. The smallest absolute Gasteiger partial charge is 0.252 e. The summed E-state index contributed by atoms with van der Waals surface area (Å²) in [7, 11) is 0. The number of aromatic nitrogens is 1. The molecule has 2 aliphatic rings. The Balaban J connectivity index is 1.17. The third-order valence-corrected chi connectivity index (χ3v) is 21.6. The molecule has 0 bridgehead atoms. The third kappa shape index (κ3) is 12.9. The highest BCUT2D eigenvalue weighted by Gasteiger charge is 2.45. The van der Waals surface area contributed by atoms with E-state index in [9.17, 15) is 8.22 Å².